The molecule has 1 aliphatic carbocycles. The quantitative estimate of drug-likeness (QED) is 0.375. The molecule has 0 bridgehead atoms. The molecule has 5 rings (SSSR count). The maximum Gasteiger partial charge on any atom is 0.435 e. The lowest BCUT2D eigenvalue weighted by Gasteiger charge is -2.34. The number of carbonyl (C=O) groups is 1. The summed E-state index contributed by atoms with van der Waals surface area (Å²) < 4.78 is 47.0. The average molecular weight is 504 g/mol. The van der Waals surface area contributed by atoms with Crippen LogP contribution in [0.1, 0.15) is 42.0 Å². The van der Waals surface area contributed by atoms with Gasteiger partial charge in [-0.1, -0.05) is 6.07 Å². The number of aromatic amines is 1. The summed E-state index contributed by atoms with van der Waals surface area (Å²) in [5.74, 6) is -0.568. The van der Waals surface area contributed by atoms with Crippen LogP contribution in [0.3, 0.4) is 0 Å². The van der Waals surface area contributed by atoms with Gasteiger partial charge in [-0.2, -0.15) is 23.4 Å². The highest BCUT2D eigenvalue weighted by Crippen LogP contribution is 2.38. The molecule has 4 heterocycles. The molecule has 4 aromatic rings. The highest BCUT2D eigenvalue weighted by molar-refractivity contribution is 7.13. The fourth-order valence-electron chi connectivity index (χ4n) is 3.85. The number of rotatable bonds is 7. The second-order valence-corrected chi connectivity index (χ2v) is 8.78. The summed E-state index contributed by atoms with van der Waals surface area (Å²) in [6.45, 7) is 2.60. The van der Waals surface area contributed by atoms with E-state index >= 15 is 0 Å². The molecule has 0 unspecified atom stereocenters. The van der Waals surface area contributed by atoms with E-state index in [9.17, 15) is 18.0 Å². The zero-order chi connectivity index (χ0) is 24.6. The first-order valence-corrected chi connectivity index (χ1v) is 11.7. The lowest BCUT2D eigenvalue weighted by atomic mass is 9.89. The lowest BCUT2D eigenvalue weighted by molar-refractivity contribution is -0.140. The van der Waals surface area contributed by atoms with Gasteiger partial charge in [0.1, 0.15) is 16.4 Å². The Bertz CT molecular complexity index is 1330. The fraction of sp³-hybridized carbons (Fsp3) is 0.318. The van der Waals surface area contributed by atoms with Crippen LogP contribution in [0.4, 0.5) is 18.9 Å². The van der Waals surface area contributed by atoms with Gasteiger partial charge < -0.3 is 10.1 Å². The minimum absolute atomic E-state index is 0.0147. The van der Waals surface area contributed by atoms with Crippen molar-refractivity contribution in [3.05, 3.63) is 53.6 Å². The van der Waals surface area contributed by atoms with Gasteiger partial charge in [-0.3, -0.25) is 19.6 Å². The number of amides is 1. The first kappa shape index (κ1) is 23.2. The molecule has 1 fully saturated rings. The van der Waals surface area contributed by atoms with Crippen molar-refractivity contribution in [1.29, 1.82) is 0 Å². The van der Waals surface area contributed by atoms with Gasteiger partial charge in [0.2, 0.25) is 0 Å². The second kappa shape index (κ2) is 9.23. The Balaban J connectivity index is 1.39. The van der Waals surface area contributed by atoms with E-state index < -0.39 is 17.8 Å². The number of H-pyrrole nitrogens is 1. The molecule has 1 saturated carbocycles. The molecule has 0 aliphatic heterocycles. The van der Waals surface area contributed by atoms with Crippen LogP contribution in [0.2, 0.25) is 0 Å². The predicted octanol–water partition coefficient (Wildman–Crippen LogP) is 4.80. The molecule has 0 atom stereocenters. The van der Waals surface area contributed by atoms with Crippen LogP contribution in [0.5, 0.6) is 0 Å². The van der Waals surface area contributed by atoms with Crippen molar-refractivity contribution in [2.45, 2.75) is 38.1 Å². The monoisotopic (exact) mass is 503 g/mol. The van der Waals surface area contributed by atoms with Gasteiger partial charge >= 0.3 is 6.18 Å². The Morgan fingerprint density at radius 3 is 2.89 bits per heavy atom. The smallest absolute Gasteiger partial charge is 0.378 e. The van der Waals surface area contributed by atoms with Crippen LogP contribution >= 0.6 is 11.3 Å². The molecule has 35 heavy (non-hydrogen) atoms. The Morgan fingerprint density at radius 2 is 2.17 bits per heavy atom. The van der Waals surface area contributed by atoms with E-state index in [1.165, 1.54) is 5.38 Å². The number of pyridine rings is 1. The van der Waals surface area contributed by atoms with E-state index in [1.54, 1.807) is 29.2 Å². The topological polar surface area (TPSA) is 111 Å². The van der Waals surface area contributed by atoms with Crippen LogP contribution in [0.15, 0.2) is 42.2 Å². The number of thiazole rings is 1. The Hall–Kier alpha value is -3.58. The van der Waals surface area contributed by atoms with Gasteiger partial charge in [-0.25, -0.2) is 4.98 Å². The zero-order valence-electron chi connectivity index (χ0n) is 18.4. The molecular formula is C22H20F3N7O2S. The summed E-state index contributed by atoms with van der Waals surface area (Å²) in [5, 5.41) is 14.4. The maximum absolute atomic E-state index is 13.2. The molecule has 0 aromatic carbocycles. The summed E-state index contributed by atoms with van der Waals surface area (Å²) in [6, 6.07) is 5.51. The molecule has 1 amide bonds. The van der Waals surface area contributed by atoms with E-state index in [1.807, 2.05) is 13.0 Å². The summed E-state index contributed by atoms with van der Waals surface area (Å²) in [6.07, 6.45) is 1.64. The largest absolute Gasteiger partial charge is 0.435 e. The van der Waals surface area contributed by atoms with E-state index in [0.29, 0.717) is 23.7 Å². The van der Waals surface area contributed by atoms with Crippen LogP contribution in [-0.2, 0) is 10.9 Å². The molecule has 0 radical (unpaired) electrons. The molecule has 0 saturated heterocycles. The number of halogens is 3. The number of nitrogens with zero attached hydrogens (tertiary/aromatic N) is 5. The van der Waals surface area contributed by atoms with Crippen molar-refractivity contribution in [1.82, 2.24) is 29.9 Å². The van der Waals surface area contributed by atoms with Crippen LogP contribution in [-0.4, -0.2) is 48.6 Å². The van der Waals surface area contributed by atoms with Crippen LogP contribution in [0, 0.1) is 0 Å². The Kier molecular flexibility index (Phi) is 6.11. The normalized spacial score (nSPS) is 17.8. The Morgan fingerprint density at radius 1 is 1.34 bits per heavy atom. The van der Waals surface area contributed by atoms with Crippen molar-refractivity contribution in [3.63, 3.8) is 0 Å². The highest BCUT2D eigenvalue weighted by Gasteiger charge is 2.38. The standard InChI is InChI=1S/C22H20F3N7O2S/c1-2-34-13-7-12(8-13)32-10-16(18(31-32)15-5-3-4-6-26-15)28-20(33)17-11-35-21(29-17)14-9-27-30-19(14)22(23,24)25/h3-6,9-13H,2,7-8H2,1H3,(H,27,30)(H,28,33). The van der Waals surface area contributed by atoms with E-state index in [4.69, 9.17) is 4.74 Å². The van der Waals surface area contributed by atoms with Crippen molar-refractivity contribution in [2.24, 2.45) is 0 Å². The number of hydrogen-bond acceptors (Lipinski definition) is 7. The number of hydrogen-bond donors (Lipinski definition) is 2. The third-order valence-corrected chi connectivity index (χ3v) is 6.49. The first-order chi connectivity index (χ1) is 16.8. The van der Waals surface area contributed by atoms with Gasteiger partial charge in [0, 0.05) is 30.6 Å². The number of ether oxygens (including phenoxy) is 1. The van der Waals surface area contributed by atoms with Crippen LogP contribution < -0.4 is 5.32 Å². The maximum atomic E-state index is 13.2. The third kappa shape index (κ3) is 4.68. The molecule has 9 nitrogen and oxygen atoms in total. The summed E-state index contributed by atoms with van der Waals surface area (Å²) in [5.41, 5.74) is 0.195. The van der Waals surface area contributed by atoms with Gasteiger partial charge in [0.15, 0.2) is 5.69 Å². The summed E-state index contributed by atoms with van der Waals surface area (Å²) >= 11 is 0.926. The first-order valence-electron chi connectivity index (χ1n) is 10.8. The van der Waals surface area contributed by atoms with Crippen molar-refractivity contribution >= 4 is 22.9 Å². The molecule has 0 spiro atoms. The molecule has 13 heteroatoms. The Labute approximate surface area is 201 Å². The third-order valence-electron chi connectivity index (χ3n) is 5.61. The number of alkyl halides is 3. The van der Waals surface area contributed by atoms with Gasteiger partial charge in [0.05, 0.1) is 29.1 Å². The molecule has 2 N–H and O–H groups in total. The van der Waals surface area contributed by atoms with E-state index in [-0.39, 0.29) is 28.4 Å². The highest BCUT2D eigenvalue weighted by atomic mass is 32.1. The van der Waals surface area contributed by atoms with Crippen molar-refractivity contribution < 1.29 is 22.7 Å². The second-order valence-electron chi connectivity index (χ2n) is 7.93. The van der Waals surface area contributed by atoms with E-state index in [2.05, 4.69) is 30.6 Å². The number of aromatic nitrogens is 6. The number of carbonyl (C=O) groups excluding carboxylic acids is 1. The number of nitrogens with one attached hydrogen (secondary N) is 2. The summed E-state index contributed by atoms with van der Waals surface area (Å²) in [7, 11) is 0. The minimum Gasteiger partial charge on any atom is -0.378 e. The van der Waals surface area contributed by atoms with Crippen LogP contribution in [0.25, 0.3) is 22.0 Å². The average Bonchev–Trinajstić information content (AvgIpc) is 3.55. The molecule has 182 valence electrons. The van der Waals surface area contributed by atoms with Gasteiger partial charge in [0.25, 0.3) is 5.91 Å². The number of anilines is 1. The molecule has 4 aromatic heterocycles. The fourth-order valence-corrected chi connectivity index (χ4v) is 4.66. The van der Waals surface area contributed by atoms with Crippen molar-refractivity contribution in [3.8, 4) is 22.0 Å². The molecular weight excluding hydrogens is 483 g/mol. The zero-order valence-corrected chi connectivity index (χ0v) is 19.2. The van der Waals surface area contributed by atoms with E-state index in [0.717, 1.165) is 30.4 Å². The van der Waals surface area contributed by atoms with Gasteiger partial charge in [-0.05, 0) is 31.9 Å². The molecule has 1 aliphatic rings. The lowest BCUT2D eigenvalue weighted by Crippen LogP contribution is -2.33. The summed E-state index contributed by atoms with van der Waals surface area (Å²) in [4.78, 5) is 21.4. The predicted molar refractivity (Wildman–Crippen MR) is 122 cm³/mol. The SMILES string of the molecule is CCOC1CC(n2cc(NC(=O)c3csc(-c4c[nH]nc4C(F)(F)F)n3)c(-c3ccccn3)n2)C1. The minimum atomic E-state index is -4.64. The van der Waals surface area contributed by atoms with Crippen molar-refractivity contribution in [2.75, 3.05) is 11.9 Å². The van der Waals surface area contributed by atoms with Gasteiger partial charge in [-0.15, -0.1) is 11.3 Å².